The highest BCUT2D eigenvalue weighted by Gasteiger charge is 2.57. The lowest BCUT2D eigenvalue weighted by molar-refractivity contribution is -0.138. The molecule has 2 unspecified atom stereocenters. The third kappa shape index (κ3) is 2.99. The average Bonchev–Trinajstić information content (AvgIpc) is 2.93. The minimum Gasteiger partial charge on any atom is -0.491 e. The van der Waals surface area contributed by atoms with Crippen LogP contribution in [0.15, 0.2) is 12.3 Å². The number of methoxy groups -OCH3 is 1. The van der Waals surface area contributed by atoms with Crippen LogP contribution in [0.5, 0.6) is 11.6 Å². The lowest BCUT2D eigenvalue weighted by atomic mass is 10.2. The van der Waals surface area contributed by atoms with E-state index in [0.29, 0.717) is 19.3 Å². The normalized spacial score (nSPS) is 25.9. The highest BCUT2D eigenvalue weighted by molar-refractivity contribution is 5.65. The summed E-state index contributed by atoms with van der Waals surface area (Å²) in [5.41, 5.74) is -0.901. The zero-order valence-corrected chi connectivity index (χ0v) is 12.2. The number of amides is 1. The van der Waals surface area contributed by atoms with E-state index < -0.39 is 17.8 Å². The van der Waals surface area contributed by atoms with Crippen molar-refractivity contribution >= 4 is 6.09 Å². The Bertz CT molecular complexity index is 611. The maximum Gasteiger partial charge on any atom is 0.418 e. The number of pyridine rings is 1. The van der Waals surface area contributed by atoms with Gasteiger partial charge in [0.2, 0.25) is 0 Å². The van der Waals surface area contributed by atoms with Crippen molar-refractivity contribution in [3.05, 3.63) is 17.8 Å². The van der Waals surface area contributed by atoms with Crippen LogP contribution in [0.4, 0.5) is 18.0 Å². The lowest BCUT2D eigenvalue weighted by Crippen LogP contribution is -2.30. The van der Waals surface area contributed by atoms with Crippen molar-refractivity contribution in [3.8, 4) is 11.6 Å². The van der Waals surface area contributed by atoms with Crippen molar-refractivity contribution in [1.29, 1.82) is 0 Å². The van der Waals surface area contributed by atoms with Crippen LogP contribution in [0, 0.1) is 17.8 Å². The van der Waals surface area contributed by atoms with Gasteiger partial charge in [0.15, 0.2) is 5.75 Å². The van der Waals surface area contributed by atoms with Crippen LogP contribution in [0.2, 0.25) is 0 Å². The molecule has 2 fully saturated rings. The topological polar surface area (TPSA) is 71.9 Å². The van der Waals surface area contributed by atoms with E-state index in [1.54, 1.807) is 0 Å². The number of hydrogen-bond acceptors (Lipinski definition) is 4. The van der Waals surface area contributed by atoms with Gasteiger partial charge in [-0.3, -0.25) is 0 Å². The second-order valence-corrected chi connectivity index (χ2v) is 5.72. The first-order chi connectivity index (χ1) is 10.8. The highest BCUT2D eigenvalue weighted by Crippen LogP contribution is 2.51. The highest BCUT2D eigenvalue weighted by atomic mass is 19.4. The third-order valence-electron chi connectivity index (χ3n) is 4.42. The molecule has 1 aliphatic carbocycles. The van der Waals surface area contributed by atoms with Gasteiger partial charge in [-0.25, -0.2) is 9.78 Å². The molecular formula is C14H15F3N2O4. The number of halogens is 3. The Morgan fingerprint density at radius 1 is 1.43 bits per heavy atom. The van der Waals surface area contributed by atoms with Crippen molar-refractivity contribution < 1.29 is 32.5 Å². The fraction of sp³-hybridized carbons (Fsp3) is 0.571. The van der Waals surface area contributed by atoms with Crippen LogP contribution >= 0.6 is 0 Å². The zero-order chi connectivity index (χ0) is 16.8. The van der Waals surface area contributed by atoms with Gasteiger partial charge in [-0.1, -0.05) is 0 Å². The Morgan fingerprint density at radius 2 is 2.09 bits per heavy atom. The fourth-order valence-electron chi connectivity index (χ4n) is 3.07. The van der Waals surface area contributed by atoms with Crippen LogP contribution < -0.4 is 9.47 Å². The van der Waals surface area contributed by atoms with Crippen molar-refractivity contribution in [2.75, 3.05) is 26.8 Å². The van der Waals surface area contributed by atoms with E-state index in [2.05, 4.69) is 4.98 Å². The van der Waals surface area contributed by atoms with Crippen molar-refractivity contribution in [3.63, 3.8) is 0 Å². The molecule has 1 N–H and O–H groups in total. The second-order valence-electron chi connectivity index (χ2n) is 5.72. The Morgan fingerprint density at radius 3 is 2.61 bits per heavy atom. The first-order valence-corrected chi connectivity index (χ1v) is 7.03. The molecule has 0 spiro atoms. The molecule has 3 rings (SSSR count). The SMILES string of the molecule is COc1cc(C(F)(F)F)cnc1OCC1C2CN(C(=O)O)CC12. The molecule has 1 aromatic heterocycles. The number of carboxylic acid groups (broad SMARTS) is 1. The van der Waals surface area contributed by atoms with Gasteiger partial charge < -0.3 is 19.5 Å². The Balaban J connectivity index is 1.59. The number of hydrogen-bond donors (Lipinski definition) is 1. The molecule has 2 atom stereocenters. The summed E-state index contributed by atoms with van der Waals surface area (Å²) in [7, 11) is 1.25. The zero-order valence-electron chi connectivity index (χ0n) is 12.2. The summed E-state index contributed by atoms with van der Waals surface area (Å²) in [6.45, 7) is 1.24. The number of nitrogens with zero attached hydrogens (tertiary/aromatic N) is 2. The van der Waals surface area contributed by atoms with Crippen LogP contribution in [-0.4, -0.2) is 47.9 Å². The van der Waals surface area contributed by atoms with Gasteiger partial charge in [-0.15, -0.1) is 0 Å². The minimum atomic E-state index is -4.49. The third-order valence-corrected chi connectivity index (χ3v) is 4.42. The van der Waals surface area contributed by atoms with Crippen LogP contribution in [0.3, 0.4) is 0 Å². The van der Waals surface area contributed by atoms with Gasteiger partial charge in [0, 0.05) is 25.2 Å². The van der Waals surface area contributed by atoms with Gasteiger partial charge in [0.25, 0.3) is 5.88 Å². The molecule has 0 bridgehead atoms. The monoisotopic (exact) mass is 332 g/mol. The first kappa shape index (κ1) is 15.7. The number of rotatable bonds is 4. The smallest absolute Gasteiger partial charge is 0.418 e. The molecule has 1 aliphatic heterocycles. The molecule has 23 heavy (non-hydrogen) atoms. The van der Waals surface area contributed by atoms with E-state index in [0.717, 1.165) is 6.07 Å². The minimum absolute atomic E-state index is 0.0144. The Labute approximate surface area is 129 Å². The van der Waals surface area contributed by atoms with Crippen molar-refractivity contribution in [1.82, 2.24) is 9.88 Å². The summed E-state index contributed by atoms with van der Waals surface area (Å²) in [5, 5.41) is 8.88. The van der Waals surface area contributed by atoms with Crippen LogP contribution in [0.25, 0.3) is 0 Å². The molecule has 2 aliphatic rings. The number of aromatic nitrogens is 1. The maximum absolute atomic E-state index is 12.6. The van der Waals surface area contributed by atoms with E-state index in [-0.39, 0.29) is 36.0 Å². The van der Waals surface area contributed by atoms with E-state index in [1.807, 2.05) is 0 Å². The number of carbonyl (C=O) groups is 1. The number of ether oxygens (including phenoxy) is 2. The van der Waals surface area contributed by atoms with Gasteiger partial charge in [0.05, 0.1) is 19.3 Å². The molecule has 2 heterocycles. The van der Waals surface area contributed by atoms with Crippen LogP contribution in [0.1, 0.15) is 5.56 Å². The quantitative estimate of drug-likeness (QED) is 0.916. The molecule has 1 amide bonds. The largest absolute Gasteiger partial charge is 0.491 e. The van der Waals surface area contributed by atoms with E-state index in [4.69, 9.17) is 14.6 Å². The molecule has 6 nitrogen and oxygen atoms in total. The molecule has 9 heteroatoms. The number of fused-ring (bicyclic) bond motifs is 1. The fourth-order valence-corrected chi connectivity index (χ4v) is 3.07. The maximum atomic E-state index is 12.6. The van der Waals surface area contributed by atoms with Crippen molar-refractivity contribution in [2.45, 2.75) is 6.18 Å². The molecule has 1 saturated heterocycles. The molecule has 1 aromatic rings. The molecule has 0 aromatic carbocycles. The lowest BCUT2D eigenvalue weighted by Gasteiger charge is -2.16. The van der Waals surface area contributed by atoms with Crippen LogP contribution in [-0.2, 0) is 6.18 Å². The van der Waals surface area contributed by atoms with Gasteiger partial charge in [-0.2, -0.15) is 13.2 Å². The summed E-state index contributed by atoms with van der Waals surface area (Å²) in [5.74, 6) is 0.663. The summed E-state index contributed by atoms with van der Waals surface area (Å²) < 4.78 is 48.3. The van der Waals surface area contributed by atoms with E-state index in [9.17, 15) is 18.0 Å². The van der Waals surface area contributed by atoms with E-state index in [1.165, 1.54) is 12.0 Å². The first-order valence-electron chi connectivity index (χ1n) is 7.03. The van der Waals surface area contributed by atoms with Gasteiger partial charge in [0.1, 0.15) is 0 Å². The average molecular weight is 332 g/mol. The predicted octanol–water partition coefficient (Wildman–Crippen LogP) is 2.34. The number of piperidine rings is 1. The molecule has 1 saturated carbocycles. The summed E-state index contributed by atoms with van der Waals surface area (Å²) in [4.78, 5) is 15.9. The summed E-state index contributed by atoms with van der Waals surface area (Å²) in [6, 6.07) is 0.849. The standard InChI is InChI=1S/C14H15F3N2O4/c1-22-11-2-7(14(15,16)17)3-18-12(11)23-6-10-8-4-19(13(20)21)5-9(8)10/h2-3,8-10H,4-6H2,1H3,(H,20,21). The number of alkyl halides is 3. The molecular weight excluding hydrogens is 317 g/mol. The molecule has 0 radical (unpaired) electrons. The second kappa shape index (κ2) is 5.47. The summed E-state index contributed by atoms with van der Waals surface area (Å²) in [6.07, 6.45) is -4.72. The van der Waals surface area contributed by atoms with Crippen molar-refractivity contribution in [2.24, 2.45) is 17.8 Å². The predicted molar refractivity (Wildman–Crippen MR) is 71.4 cm³/mol. The molecule has 126 valence electrons. The van der Waals surface area contributed by atoms with E-state index >= 15 is 0 Å². The van der Waals surface area contributed by atoms with Gasteiger partial charge in [-0.05, 0) is 17.9 Å². The summed E-state index contributed by atoms with van der Waals surface area (Å²) >= 11 is 0. The Kier molecular flexibility index (Phi) is 3.73. The number of likely N-dealkylation sites (tertiary alicyclic amines) is 1. The Hall–Kier alpha value is -2.19. The van der Waals surface area contributed by atoms with Gasteiger partial charge >= 0.3 is 12.3 Å².